The number of hydrogen-bond acceptors (Lipinski definition) is 4. The number of primary amides is 1. The Hall–Kier alpha value is -1.53. The Balaban J connectivity index is 1.82. The van der Waals surface area contributed by atoms with Crippen LogP contribution >= 0.6 is 11.8 Å². The number of benzene rings is 1. The maximum atomic E-state index is 11.6. The van der Waals surface area contributed by atoms with Crippen LogP contribution in [0.1, 0.15) is 25.3 Å². The minimum Gasteiger partial charge on any atom is -0.351 e. The fourth-order valence-electron chi connectivity index (χ4n) is 1.72. The third-order valence-electron chi connectivity index (χ3n) is 3.02. The molecule has 0 bridgehead atoms. The Kier molecular flexibility index (Phi) is 5.03. The summed E-state index contributed by atoms with van der Waals surface area (Å²) in [5.74, 6) is -0.373. The molecule has 1 unspecified atom stereocenters. The van der Waals surface area contributed by atoms with Crippen LogP contribution in [-0.4, -0.2) is 23.2 Å². The highest BCUT2D eigenvalue weighted by atomic mass is 32.2. The molecule has 1 aromatic rings. The van der Waals surface area contributed by atoms with Gasteiger partial charge in [0.1, 0.15) is 0 Å². The summed E-state index contributed by atoms with van der Waals surface area (Å²) in [5, 5.41) is 5.17. The lowest BCUT2D eigenvalue weighted by molar-refractivity contribution is -0.119. The summed E-state index contributed by atoms with van der Waals surface area (Å²) in [6.07, 6.45) is 2.56. The van der Waals surface area contributed by atoms with Gasteiger partial charge in [-0.2, -0.15) is 0 Å². The van der Waals surface area contributed by atoms with Gasteiger partial charge in [-0.25, -0.2) is 4.79 Å². The fourth-order valence-corrected chi connectivity index (χ4v) is 2.58. The van der Waals surface area contributed by atoms with E-state index in [4.69, 9.17) is 5.73 Å². The molecule has 0 aliphatic heterocycles. The van der Waals surface area contributed by atoms with Crippen molar-refractivity contribution in [3.63, 3.8) is 0 Å². The number of nitrogens with two attached hydrogens (primary N) is 1. The highest BCUT2D eigenvalue weighted by molar-refractivity contribution is 8.00. The molecular weight excluding hydrogens is 274 g/mol. The molecule has 1 atom stereocenters. The first-order valence-corrected chi connectivity index (χ1v) is 7.52. The Labute approximate surface area is 122 Å². The summed E-state index contributed by atoms with van der Waals surface area (Å²) in [6, 6.07) is 7.96. The van der Waals surface area contributed by atoms with E-state index in [1.165, 1.54) is 30.2 Å². The SMILES string of the molecule is CC(Sc1ccc(CNC2CC2)cc1)C(=O)NC(N)=O. The van der Waals surface area contributed by atoms with Gasteiger partial charge in [0, 0.05) is 17.5 Å². The van der Waals surface area contributed by atoms with Crippen molar-refractivity contribution in [2.45, 2.75) is 42.5 Å². The average molecular weight is 293 g/mol. The minimum absolute atomic E-state index is 0.363. The lowest BCUT2D eigenvalue weighted by atomic mass is 10.2. The van der Waals surface area contributed by atoms with Gasteiger partial charge >= 0.3 is 6.03 Å². The monoisotopic (exact) mass is 293 g/mol. The van der Waals surface area contributed by atoms with Crippen LogP contribution in [0.15, 0.2) is 29.2 Å². The zero-order valence-corrected chi connectivity index (χ0v) is 12.2. The first-order chi connectivity index (χ1) is 9.54. The smallest absolute Gasteiger partial charge is 0.318 e. The van der Waals surface area contributed by atoms with Gasteiger partial charge in [0.25, 0.3) is 0 Å². The van der Waals surface area contributed by atoms with Crippen LogP contribution in [0.2, 0.25) is 0 Å². The third kappa shape index (κ3) is 4.86. The first-order valence-electron chi connectivity index (χ1n) is 6.64. The molecule has 0 radical (unpaired) electrons. The largest absolute Gasteiger partial charge is 0.351 e. The van der Waals surface area contributed by atoms with Gasteiger partial charge in [-0.3, -0.25) is 10.1 Å². The Morgan fingerprint density at radius 1 is 1.35 bits per heavy atom. The lowest BCUT2D eigenvalue weighted by Crippen LogP contribution is -2.39. The molecule has 5 nitrogen and oxygen atoms in total. The molecule has 20 heavy (non-hydrogen) atoms. The van der Waals surface area contributed by atoms with E-state index in [2.05, 4.69) is 22.8 Å². The molecule has 1 aromatic carbocycles. The quantitative estimate of drug-likeness (QED) is 0.696. The average Bonchev–Trinajstić information content (AvgIpc) is 3.21. The van der Waals surface area contributed by atoms with E-state index < -0.39 is 6.03 Å². The third-order valence-corrected chi connectivity index (χ3v) is 4.14. The van der Waals surface area contributed by atoms with Gasteiger partial charge in [-0.15, -0.1) is 11.8 Å². The van der Waals surface area contributed by atoms with Crippen molar-refractivity contribution in [3.8, 4) is 0 Å². The molecule has 0 aromatic heterocycles. The van der Waals surface area contributed by atoms with Crippen molar-refractivity contribution in [1.29, 1.82) is 0 Å². The van der Waals surface area contributed by atoms with E-state index in [1.807, 2.05) is 12.1 Å². The minimum atomic E-state index is -0.816. The number of carbonyl (C=O) groups is 2. The van der Waals surface area contributed by atoms with Crippen molar-refractivity contribution >= 4 is 23.7 Å². The first kappa shape index (κ1) is 14.9. The number of nitrogens with one attached hydrogen (secondary N) is 2. The molecule has 108 valence electrons. The van der Waals surface area contributed by atoms with Gasteiger partial charge in [0.2, 0.25) is 5.91 Å². The number of thioether (sulfide) groups is 1. The molecule has 3 amide bonds. The van der Waals surface area contributed by atoms with Crippen molar-refractivity contribution in [2.75, 3.05) is 0 Å². The molecule has 4 N–H and O–H groups in total. The zero-order valence-electron chi connectivity index (χ0n) is 11.4. The van der Waals surface area contributed by atoms with Gasteiger partial charge in [-0.1, -0.05) is 12.1 Å². The molecule has 0 saturated heterocycles. The van der Waals surface area contributed by atoms with E-state index >= 15 is 0 Å². The summed E-state index contributed by atoms with van der Waals surface area (Å²) in [6.45, 7) is 2.62. The number of imide groups is 1. The maximum absolute atomic E-state index is 11.6. The van der Waals surface area contributed by atoms with E-state index in [0.717, 1.165) is 11.4 Å². The van der Waals surface area contributed by atoms with Crippen LogP contribution in [0.25, 0.3) is 0 Å². The molecule has 0 spiro atoms. The summed E-state index contributed by atoms with van der Waals surface area (Å²) < 4.78 is 0. The van der Waals surface area contributed by atoms with E-state index in [-0.39, 0.29) is 11.2 Å². The number of amides is 3. The predicted molar refractivity (Wildman–Crippen MR) is 79.3 cm³/mol. The molecule has 1 saturated carbocycles. The van der Waals surface area contributed by atoms with Gasteiger partial charge in [0.15, 0.2) is 0 Å². The highest BCUT2D eigenvalue weighted by Gasteiger charge is 2.20. The second kappa shape index (κ2) is 6.76. The lowest BCUT2D eigenvalue weighted by Gasteiger charge is -2.10. The van der Waals surface area contributed by atoms with Gasteiger partial charge in [0.05, 0.1) is 5.25 Å². The van der Waals surface area contributed by atoms with Gasteiger partial charge < -0.3 is 11.1 Å². The normalized spacial score (nSPS) is 15.7. The summed E-state index contributed by atoms with van der Waals surface area (Å²) in [7, 11) is 0. The van der Waals surface area contributed by atoms with Gasteiger partial charge in [-0.05, 0) is 37.5 Å². The molecule has 1 fully saturated rings. The van der Waals surface area contributed by atoms with Crippen molar-refractivity contribution < 1.29 is 9.59 Å². The van der Waals surface area contributed by atoms with E-state index in [0.29, 0.717) is 6.04 Å². The maximum Gasteiger partial charge on any atom is 0.318 e. The molecule has 6 heteroatoms. The number of carbonyl (C=O) groups excluding carboxylic acids is 2. The molecular formula is C14H19N3O2S. The van der Waals surface area contributed by atoms with Crippen LogP contribution in [0.4, 0.5) is 4.79 Å². The number of hydrogen-bond donors (Lipinski definition) is 3. The van der Waals surface area contributed by atoms with Crippen molar-refractivity contribution in [3.05, 3.63) is 29.8 Å². The van der Waals surface area contributed by atoms with Crippen molar-refractivity contribution in [1.82, 2.24) is 10.6 Å². The Morgan fingerprint density at radius 3 is 2.55 bits per heavy atom. The second-order valence-electron chi connectivity index (χ2n) is 4.91. The highest BCUT2D eigenvalue weighted by Crippen LogP contribution is 2.24. The fraction of sp³-hybridized carbons (Fsp3) is 0.429. The molecule has 1 aliphatic carbocycles. The molecule has 2 rings (SSSR count). The van der Waals surface area contributed by atoms with Crippen LogP contribution < -0.4 is 16.4 Å². The Morgan fingerprint density at radius 2 is 2.00 bits per heavy atom. The van der Waals surface area contributed by atoms with Crippen molar-refractivity contribution in [2.24, 2.45) is 5.73 Å². The summed E-state index contributed by atoms with van der Waals surface area (Å²) in [5.41, 5.74) is 6.15. The number of rotatable bonds is 6. The predicted octanol–water partition coefficient (Wildman–Crippen LogP) is 1.61. The van der Waals surface area contributed by atoms with Crippen LogP contribution in [0.3, 0.4) is 0 Å². The molecule has 1 aliphatic rings. The van der Waals surface area contributed by atoms with E-state index in [9.17, 15) is 9.59 Å². The molecule has 0 heterocycles. The van der Waals surface area contributed by atoms with Crippen LogP contribution in [-0.2, 0) is 11.3 Å². The number of urea groups is 1. The van der Waals surface area contributed by atoms with Crippen LogP contribution in [0.5, 0.6) is 0 Å². The Bertz CT molecular complexity index is 486. The second-order valence-corrected chi connectivity index (χ2v) is 6.33. The summed E-state index contributed by atoms with van der Waals surface area (Å²) >= 11 is 1.40. The van der Waals surface area contributed by atoms with Crippen LogP contribution in [0, 0.1) is 0 Å². The van der Waals surface area contributed by atoms with E-state index in [1.54, 1.807) is 6.92 Å². The topological polar surface area (TPSA) is 84.2 Å². The summed E-state index contributed by atoms with van der Waals surface area (Å²) in [4.78, 5) is 23.2. The standard InChI is InChI=1S/C14H19N3O2S/c1-9(13(18)17-14(15)19)20-12-6-2-10(3-7-12)8-16-11-4-5-11/h2-3,6-7,9,11,16H,4-5,8H2,1H3,(H3,15,17,18,19). The zero-order chi connectivity index (χ0) is 14.5.